The molecule has 156 valence electrons. The second-order valence-corrected chi connectivity index (χ2v) is 10.8. The molecule has 2 fully saturated rings. The lowest BCUT2D eigenvalue weighted by Gasteiger charge is -2.57. The summed E-state index contributed by atoms with van der Waals surface area (Å²) in [7, 11) is 0. The van der Waals surface area contributed by atoms with E-state index in [2.05, 4.69) is 62.5 Å². The van der Waals surface area contributed by atoms with Gasteiger partial charge in [-0.3, -0.25) is 4.98 Å². The van der Waals surface area contributed by atoms with Crippen LogP contribution in [-0.4, -0.2) is 16.2 Å². The Morgan fingerprint density at radius 3 is 2.63 bits per heavy atom. The van der Waals surface area contributed by atoms with Crippen LogP contribution in [0.15, 0.2) is 54.3 Å². The summed E-state index contributed by atoms with van der Waals surface area (Å²) in [5.41, 5.74) is 7.46. The smallest absolute Gasteiger partial charge is 0.0708 e. The van der Waals surface area contributed by atoms with Crippen LogP contribution in [-0.2, 0) is 0 Å². The lowest BCUT2D eigenvalue weighted by molar-refractivity contribution is -0.0238. The molecule has 2 saturated carbocycles. The number of aliphatic hydroxyl groups is 1. The summed E-state index contributed by atoms with van der Waals surface area (Å²) < 4.78 is 0. The first-order valence-electron chi connectivity index (χ1n) is 11.9. The van der Waals surface area contributed by atoms with Crippen LogP contribution in [0.25, 0.3) is 16.8 Å². The average Bonchev–Trinajstić information content (AvgIpc) is 3.19. The van der Waals surface area contributed by atoms with Crippen LogP contribution >= 0.6 is 0 Å². The number of fused-ring (bicyclic) bond motifs is 6. The Hall–Kier alpha value is -1.93. The van der Waals surface area contributed by atoms with Crippen molar-refractivity contribution >= 4 is 5.57 Å². The van der Waals surface area contributed by atoms with Gasteiger partial charge in [-0.1, -0.05) is 55.8 Å². The zero-order valence-electron chi connectivity index (χ0n) is 18.3. The van der Waals surface area contributed by atoms with E-state index in [1.807, 2.05) is 0 Å². The van der Waals surface area contributed by atoms with Gasteiger partial charge in [-0.15, -0.1) is 0 Å². The minimum atomic E-state index is -0.117. The molecule has 0 aromatic heterocycles. The first-order valence-corrected chi connectivity index (χ1v) is 11.9. The van der Waals surface area contributed by atoms with E-state index in [1.54, 1.807) is 11.1 Å². The maximum absolute atomic E-state index is 10.2. The molecule has 0 aromatic carbocycles. The molecule has 3 unspecified atom stereocenters. The molecule has 6 rings (SSSR count). The highest BCUT2D eigenvalue weighted by Crippen LogP contribution is 2.66. The molecule has 2 heteroatoms. The molecule has 1 aliphatic heterocycles. The zero-order chi connectivity index (χ0) is 20.5. The van der Waals surface area contributed by atoms with Gasteiger partial charge in [0.2, 0.25) is 0 Å². The van der Waals surface area contributed by atoms with Crippen molar-refractivity contribution < 1.29 is 5.11 Å². The number of hydrogen-bond acceptors (Lipinski definition) is 2. The van der Waals surface area contributed by atoms with Gasteiger partial charge in [0.05, 0.1) is 11.8 Å². The summed E-state index contributed by atoms with van der Waals surface area (Å²) in [5, 5.41) is 10.2. The summed E-state index contributed by atoms with van der Waals surface area (Å²) in [6, 6.07) is 10.7. The Bertz CT molecular complexity index is 1020. The lowest BCUT2D eigenvalue weighted by Crippen LogP contribution is -2.49. The molecule has 6 atom stereocenters. The molecule has 2 nitrogen and oxygen atoms in total. The van der Waals surface area contributed by atoms with E-state index in [-0.39, 0.29) is 11.5 Å². The maximum Gasteiger partial charge on any atom is 0.0708 e. The van der Waals surface area contributed by atoms with E-state index in [0.717, 1.165) is 36.3 Å². The molecular weight excluding hydrogens is 366 g/mol. The van der Waals surface area contributed by atoms with Crippen molar-refractivity contribution in [1.29, 1.82) is 0 Å². The number of rotatable bonds is 1. The highest BCUT2D eigenvalue weighted by atomic mass is 16.3. The zero-order valence-corrected chi connectivity index (χ0v) is 18.3. The number of allylic oxidation sites excluding steroid dienone is 3. The largest absolute Gasteiger partial charge is 0.393 e. The van der Waals surface area contributed by atoms with Gasteiger partial charge in [-0.2, -0.15) is 0 Å². The van der Waals surface area contributed by atoms with E-state index in [0.29, 0.717) is 5.41 Å². The molecule has 0 saturated heterocycles. The van der Waals surface area contributed by atoms with Crippen molar-refractivity contribution in [2.45, 2.75) is 64.9 Å². The number of hydrogen-bond donors (Lipinski definition) is 1. The fourth-order valence-corrected chi connectivity index (χ4v) is 7.92. The summed E-state index contributed by atoms with van der Waals surface area (Å²) >= 11 is 0. The molecule has 1 N–H and O–H groups in total. The highest BCUT2D eigenvalue weighted by molar-refractivity contribution is 5.84. The fourth-order valence-electron chi connectivity index (χ4n) is 7.92. The average molecular weight is 400 g/mol. The second-order valence-electron chi connectivity index (χ2n) is 10.8. The van der Waals surface area contributed by atoms with E-state index >= 15 is 0 Å². The normalized spacial score (nSPS) is 40.2. The third-order valence-electron chi connectivity index (χ3n) is 9.59. The van der Waals surface area contributed by atoms with Crippen LogP contribution in [0.5, 0.6) is 0 Å². The number of aliphatic hydroxyl groups excluding tert-OH is 1. The van der Waals surface area contributed by atoms with Gasteiger partial charge in [0.15, 0.2) is 0 Å². The lowest BCUT2D eigenvalue weighted by atomic mass is 9.47. The third-order valence-corrected chi connectivity index (χ3v) is 9.59. The predicted octanol–water partition coefficient (Wildman–Crippen LogP) is 6.50. The van der Waals surface area contributed by atoms with Crippen LogP contribution in [0.2, 0.25) is 0 Å². The minimum absolute atomic E-state index is 0.117. The van der Waals surface area contributed by atoms with Gasteiger partial charge in [-0.25, -0.2) is 0 Å². The van der Waals surface area contributed by atoms with E-state index in [9.17, 15) is 5.11 Å². The van der Waals surface area contributed by atoms with Gasteiger partial charge in [0, 0.05) is 17.3 Å². The first kappa shape index (κ1) is 18.8. The third kappa shape index (κ3) is 2.49. The van der Waals surface area contributed by atoms with Gasteiger partial charge in [-0.05, 0) is 85.2 Å². The Balaban J connectivity index is 1.35. The topological polar surface area (TPSA) is 33.1 Å². The van der Waals surface area contributed by atoms with E-state index in [1.165, 1.54) is 43.2 Å². The van der Waals surface area contributed by atoms with Crippen molar-refractivity contribution in [1.82, 2.24) is 4.98 Å². The molecule has 0 bridgehead atoms. The maximum atomic E-state index is 10.2. The second kappa shape index (κ2) is 6.53. The van der Waals surface area contributed by atoms with Crippen LogP contribution in [0.4, 0.5) is 0 Å². The molecule has 1 heterocycles. The van der Waals surface area contributed by atoms with Gasteiger partial charge in [0.1, 0.15) is 0 Å². The summed E-state index contributed by atoms with van der Waals surface area (Å²) in [6.07, 6.45) is 15.2. The summed E-state index contributed by atoms with van der Waals surface area (Å²) in [6.45, 7) is 5.06. The van der Waals surface area contributed by atoms with Crippen molar-refractivity contribution in [2.24, 2.45) is 28.6 Å². The van der Waals surface area contributed by atoms with Crippen LogP contribution in [0.1, 0.15) is 64.4 Å². The van der Waals surface area contributed by atoms with E-state index in [4.69, 9.17) is 4.98 Å². The van der Waals surface area contributed by atoms with Crippen molar-refractivity contribution in [3.05, 3.63) is 59.8 Å². The SMILES string of the molecule is C[C@]12CC[C@H](O)CC1=CCC1C2CC[C@]2(C)C(c3cnc4cccccc3-4)=CCC12. The molecular formula is C28H33NO. The minimum Gasteiger partial charge on any atom is -0.393 e. The molecule has 0 aromatic rings. The van der Waals surface area contributed by atoms with Gasteiger partial charge in [0.25, 0.3) is 0 Å². The molecule has 30 heavy (non-hydrogen) atoms. The number of aromatic nitrogens is 1. The quantitative estimate of drug-likeness (QED) is 0.555. The molecule has 0 amide bonds. The molecule has 0 radical (unpaired) electrons. The summed E-state index contributed by atoms with van der Waals surface area (Å²) in [4.78, 5) is 4.75. The fraction of sp³-hybridized carbons (Fsp3) is 0.536. The Morgan fingerprint density at radius 1 is 0.900 bits per heavy atom. The van der Waals surface area contributed by atoms with Crippen molar-refractivity contribution in [2.75, 3.05) is 0 Å². The Morgan fingerprint density at radius 2 is 1.73 bits per heavy atom. The highest BCUT2D eigenvalue weighted by Gasteiger charge is 2.57. The standard InChI is InChI=1S/C28H33NO/c1-27-14-12-19(30)16-18(27)8-9-21-23-10-11-24(28(23,2)15-13-25(21)27)22-17-29-26-7-5-3-4-6-20(22)26/h3-8,11,17,19,21,23,25,30H,9-10,12-16H2,1-2H3/t19-,21?,23?,25?,27-,28-/m0/s1. The Kier molecular flexibility index (Phi) is 4.10. The predicted molar refractivity (Wildman–Crippen MR) is 122 cm³/mol. The first-order chi connectivity index (χ1) is 14.5. The molecule has 6 aliphatic rings. The van der Waals surface area contributed by atoms with Gasteiger partial charge >= 0.3 is 0 Å². The van der Waals surface area contributed by atoms with Crippen LogP contribution in [0.3, 0.4) is 0 Å². The Labute approximate surface area is 180 Å². The number of nitrogens with zero attached hydrogens (tertiary/aromatic N) is 1. The van der Waals surface area contributed by atoms with Crippen molar-refractivity contribution in [3.8, 4) is 11.3 Å². The molecule has 0 spiro atoms. The van der Waals surface area contributed by atoms with Gasteiger partial charge < -0.3 is 5.11 Å². The van der Waals surface area contributed by atoms with Crippen LogP contribution < -0.4 is 0 Å². The molecule has 5 aliphatic carbocycles. The van der Waals surface area contributed by atoms with Crippen molar-refractivity contribution in [3.63, 3.8) is 0 Å². The van der Waals surface area contributed by atoms with Crippen LogP contribution in [0, 0.1) is 28.6 Å². The summed E-state index contributed by atoms with van der Waals surface area (Å²) in [5.74, 6) is 2.28. The monoisotopic (exact) mass is 399 g/mol. The van der Waals surface area contributed by atoms with E-state index < -0.39 is 0 Å².